The summed E-state index contributed by atoms with van der Waals surface area (Å²) in [6.07, 6.45) is 2.00. The summed E-state index contributed by atoms with van der Waals surface area (Å²) in [6.45, 7) is 3.10. The minimum absolute atomic E-state index is 0.0559. The first-order valence-corrected chi connectivity index (χ1v) is 4.78. The molecule has 0 bridgehead atoms. The number of benzene rings is 1. The number of para-hydroxylation sites is 1. The van der Waals surface area contributed by atoms with Gasteiger partial charge < -0.3 is 11.1 Å². The fraction of sp³-hybridized carbons (Fsp3) is 0.455. The Morgan fingerprint density at radius 2 is 2.15 bits per heavy atom. The van der Waals surface area contributed by atoms with Crippen LogP contribution in [0, 0.1) is 0 Å². The zero-order chi connectivity index (χ0) is 9.31. The summed E-state index contributed by atoms with van der Waals surface area (Å²) in [5.41, 5.74) is 8.68. The molecule has 2 heteroatoms. The van der Waals surface area contributed by atoms with Crippen molar-refractivity contribution in [2.75, 3.05) is 11.9 Å². The molecule has 0 aliphatic carbocycles. The zero-order valence-electron chi connectivity index (χ0n) is 8.01. The van der Waals surface area contributed by atoms with Crippen molar-refractivity contribution >= 4 is 5.69 Å². The van der Waals surface area contributed by atoms with Crippen molar-refractivity contribution < 1.29 is 0 Å². The third kappa shape index (κ3) is 1.83. The van der Waals surface area contributed by atoms with Crippen molar-refractivity contribution in [3.05, 3.63) is 29.8 Å². The molecule has 0 saturated carbocycles. The second-order valence-corrected chi connectivity index (χ2v) is 4.16. The summed E-state index contributed by atoms with van der Waals surface area (Å²) in [6, 6.07) is 8.41. The number of nitrogens with two attached hydrogens (primary N) is 1. The molecular formula is C11H16N2. The monoisotopic (exact) mass is 176 g/mol. The fourth-order valence-electron chi connectivity index (χ4n) is 1.85. The molecule has 1 aromatic rings. The molecule has 13 heavy (non-hydrogen) atoms. The van der Waals surface area contributed by atoms with Crippen LogP contribution in [0.25, 0.3) is 0 Å². The summed E-state index contributed by atoms with van der Waals surface area (Å²) < 4.78 is 0. The van der Waals surface area contributed by atoms with Gasteiger partial charge in [0.1, 0.15) is 0 Å². The molecule has 0 spiro atoms. The van der Waals surface area contributed by atoms with Crippen molar-refractivity contribution in [1.82, 2.24) is 0 Å². The molecule has 1 unspecified atom stereocenters. The predicted molar refractivity (Wildman–Crippen MR) is 55.8 cm³/mol. The standard InChI is InChI=1S/C11H16N2/c1-11(12)6-7-13-10-5-3-2-4-9(10)8-11/h2-5,13H,6-8,12H2,1H3. The van der Waals surface area contributed by atoms with Crippen LogP contribution in [0.2, 0.25) is 0 Å². The van der Waals surface area contributed by atoms with Gasteiger partial charge >= 0.3 is 0 Å². The van der Waals surface area contributed by atoms with Crippen LogP contribution in [-0.4, -0.2) is 12.1 Å². The molecule has 2 rings (SSSR count). The first kappa shape index (κ1) is 8.57. The van der Waals surface area contributed by atoms with E-state index in [9.17, 15) is 0 Å². The van der Waals surface area contributed by atoms with Crippen molar-refractivity contribution in [3.8, 4) is 0 Å². The molecule has 0 fully saturated rings. The quantitative estimate of drug-likeness (QED) is 0.632. The van der Waals surface area contributed by atoms with Gasteiger partial charge in [0.2, 0.25) is 0 Å². The number of anilines is 1. The summed E-state index contributed by atoms with van der Waals surface area (Å²) in [5.74, 6) is 0. The van der Waals surface area contributed by atoms with Gasteiger partial charge in [0.25, 0.3) is 0 Å². The molecular weight excluding hydrogens is 160 g/mol. The SMILES string of the molecule is CC1(N)CCNc2ccccc2C1. The van der Waals surface area contributed by atoms with Crippen LogP contribution in [0.1, 0.15) is 18.9 Å². The van der Waals surface area contributed by atoms with Crippen molar-refractivity contribution in [1.29, 1.82) is 0 Å². The lowest BCUT2D eigenvalue weighted by Crippen LogP contribution is -2.38. The lowest BCUT2D eigenvalue weighted by atomic mass is 9.92. The highest BCUT2D eigenvalue weighted by atomic mass is 14.9. The molecule has 0 saturated heterocycles. The van der Waals surface area contributed by atoms with Crippen molar-refractivity contribution in [3.63, 3.8) is 0 Å². The van der Waals surface area contributed by atoms with Crippen molar-refractivity contribution in [2.24, 2.45) is 5.73 Å². The third-order valence-corrected chi connectivity index (χ3v) is 2.62. The maximum absolute atomic E-state index is 6.15. The summed E-state index contributed by atoms with van der Waals surface area (Å²) >= 11 is 0. The van der Waals surface area contributed by atoms with Crippen LogP contribution in [0.4, 0.5) is 5.69 Å². The molecule has 70 valence electrons. The topological polar surface area (TPSA) is 38.0 Å². The molecule has 1 atom stereocenters. The first-order chi connectivity index (χ1) is 6.17. The van der Waals surface area contributed by atoms with E-state index in [1.54, 1.807) is 0 Å². The first-order valence-electron chi connectivity index (χ1n) is 4.78. The smallest absolute Gasteiger partial charge is 0.0373 e. The Hall–Kier alpha value is -1.02. The van der Waals surface area contributed by atoms with Crippen LogP contribution >= 0.6 is 0 Å². The Labute approximate surface area is 79.1 Å². The summed E-state index contributed by atoms with van der Waals surface area (Å²) in [5, 5.41) is 3.40. The van der Waals surface area contributed by atoms with Gasteiger partial charge in [0.05, 0.1) is 0 Å². The van der Waals surface area contributed by atoms with Gasteiger partial charge in [-0.15, -0.1) is 0 Å². The van der Waals surface area contributed by atoms with Crippen LogP contribution in [0.15, 0.2) is 24.3 Å². The molecule has 0 amide bonds. The minimum atomic E-state index is -0.0559. The molecule has 1 aliphatic heterocycles. The molecule has 2 nitrogen and oxygen atoms in total. The highest BCUT2D eigenvalue weighted by Gasteiger charge is 2.22. The zero-order valence-corrected chi connectivity index (χ0v) is 8.01. The van der Waals surface area contributed by atoms with Gasteiger partial charge in [-0.1, -0.05) is 18.2 Å². The molecule has 1 aromatic carbocycles. The summed E-state index contributed by atoms with van der Waals surface area (Å²) in [7, 11) is 0. The van der Waals surface area contributed by atoms with Gasteiger partial charge in [-0.25, -0.2) is 0 Å². The summed E-state index contributed by atoms with van der Waals surface area (Å²) in [4.78, 5) is 0. The van der Waals surface area contributed by atoms with E-state index in [4.69, 9.17) is 5.73 Å². The predicted octanol–water partition coefficient (Wildman–Crippen LogP) is 1.76. The van der Waals surface area contributed by atoms with Crippen molar-refractivity contribution in [2.45, 2.75) is 25.3 Å². The Bertz CT molecular complexity index is 305. The maximum Gasteiger partial charge on any atom is 0.0373 e. The normalized spacial score (nSPS) is 27.2. The number of hydrogen-bond donors (Lipinski definition) is 2. The van der Waals surface area contributed by atoms with Gasteiger partial charge in [-0.2, -0.15) is 0 Å². The molecule has 0 aromatic heterocycles. The van der Waals surface area contributed by atoms with E-state index in [-0.39, 0.29) is 5.54 Å². The van der Waals surface area contributed by atoms with E-state index >= 15 is 0 Å². The highest BCUT2D eigenvalue weighted by Crippen LogP contribution is 2.24. The van der Waals surface area contributed by atoms with Crippen LogP contribution in [0.3, 0.4) is 0 Å². The van der Waals surface area contributed by atoms with Gasteiger partial charge in [0.15, 0.2) is 0 Å². The molecule has 0 radical (unpaired) electrons. The van der Waals surface area contributed by atoms with Crippen LogP contribution in [0.5, 0.6) is 0 Å². The van der Waals surface area contributed by atoms with E-state index in [1.165, 1.54) is 11.3 Å². The minimum Gasteiger partial charge on any atom is -0.385 e. The number of rotatable bonds is 0. The largest absolute Gasteiger partial charge is 0.385 e. The lowest BCUT2D eigenvalue weighted by molar-refractivity contribution is 0.449. The average molecular weight is 176 g/mol. The van der Waals surface area contributed by atoms with E-state index in [1.807, 2.05) is 0 Å². The van der Waals surface area contributed by atoms with E-state index in [0.717, 1.165) is 19.4 Å². The van der Waals surface area contributed by atoms with E-state index in [0.29, 0.717) is 0 Å². The molecule has 1 aliphatic rings. The Kier molecular flexibility index (Phi) is 2.00. The second-order valence-electron chi connectivity index (χ2n) is 4.16. The number of fused-ring (bicyclic) bond motifs is 1. The Balaban J connectivity index is 2.34. The highest BCUT2D eigenvalue weighted by molar-refractivity contribution is 5.52. The maximum atomic E-state index is 6.15. The number of hydrogen-bond acceptors (Lipinski definition) is 2. The molecule has 1 heterocycles. The third-order valence-electron chi connectivity index (χ3n) is 2.62. The van der Waals surface area contributed by atoms with Gasteiger partial charge in [-0.3, -0.25) is 0 Å². The second kappa shape index (κ2) is 3.04. The van der Waals surface area contributed by atoms with Gasteiger partial charge in [-0.05, 0) is 31.4 Å². The lowest BCUT2D eigenvalue weighted by Gasteiger charge is -2.21. The van der Waals surface area contributed by atoms with Crippen LogP contribution < -0.4 is 11.1 Å². The Morgan fingerprint density at radius 3 is 3.00 bits per heavy atom. The number of nitrogens with one attached hydrogen (secondary N) is 1. The Morgan fingerprint density at radius 1 is 1.38 bits per heavy atom. The van der Waals surface area contributed by atoms with E-state index in [2.05, 4.69) is 36.5 Å². The molecule has 3 N–H and O–H groups in total. The van der Waals surface area contributed by atoms with Gasteiger partial charge in [0, 0.05) is 17.8 Å². The fourth-order valence-corrected chi connectivity index (χ4v) is 1.85. The van der Waals surface area contributed by atoms with Crippen LogP contribution in [-0.2, 0) is 6.42 Å². The average Bonchev–Trinajstić information content (AvgIpc) is 2.21. The van der Waals surface area contributed by atoms with E-state index < -0.39 is 0 Å².